The van der Waals surface area contributed by atoms with E-state index in [1.54, 1.807) is 0 Å². The van der Waals surface area contributed by atoms with Crippen LogP contribution in [0, 0.1) is 0 Å². The molecule has 0 fully saturated rings. The van der Waals surface area contributed by atoms with E-state index in [1.165, 1.54) is 18.2 Å². The van der Waals surface area contributed by atoms with Gasteiger partial charge >= 0.3 is 0 Å². The Morgan fingerprint density at radius 2 is 2.00 bits per heavy atom. The van der Waals surface area contributed by atoms with Crippen molar-refractivity contribution in [3.05, 3.63) is 24.0 Å². The molecule has 0 saturated heterocycles. The quantitative estimate of drug-likeness (QED) is 0.785. The van der Waals surface area contributed by atoms with Crippen LogP contribution in [-0.2, 0) is 11.2 Å². The molecule has 1 aromatic carbocycles. The largest absolute Gasteiger partial charge is 0.507 e. The molecular formula is C12H14N2O4. The maximum absolute atomic E-state index is 9.66. The van der Waals surface area contributed by atoms with Gasteiger partial charge in [-0.3, -0.25) is 0 Å². The van der Waals surface area contributed by atoms with Crippen LogP contribution in [0.25, 0.3) is 11.5 Å². The van der Waals surface area contributed by atoms with Crippen LogP contribution in [0.3, 0.4) is 0 Å². The molecule has 0 amide bonds. The Balaban J connectivity index is 2.19. The predicted molar refractivity (Wildman–Crippen MR) is 63.3 cm³/mol. The third kappa shape index (κ3) is 2.60. The SMILES string of the molecule is CCOCCc1noc(-c2c(O)cccc2O)n1. The number of ether oxygens (including phenoxy) is 1. The van der Waals surface area contributed by atoms with Crippen molar-refractivity contribution in [2.75, 3.05) is 13.2 Å². The van der Waals surface area contributed by atoms with E-state index in [0.29, 0.717) is 25.5 Å². The second-order valence-electron chi connectivity index (χ2n) is 3.63. The highest BCUT2D eigenvalue weighted by atomic mass is 16.5. The molecular weight excluding hydrogens is 236 g/mol. The average molecular weight is 250 g/mol. The molecule has 0 bridgehead atoms. The summed E-state index contributed by atoms with van der Waals surface area (Å²) in [5, 5.41) is 23.1. The van der Waals surface area contributed by atoms with Gasteiger partial charge in [0, 0.05) is 13.0 Å². The van der Waals surface area contributed by atoms with Gasteiger partial charge in [-0.05, 0) is 19.1 Å². The van der Waals surface area contributed by atoms with Gasteiger partial charge in [-0.2, -0.15) is 4.98 Å². The molecule has 0 unspecified atom stereocenters. The van der Waals surface area contributed by atoms with E-state index in [9.17, 15) is 10.2 Å². The van der Waals surface area contributed by atoms with E-state index in [2.05, 4.69) is 10.1 Å². The summed E-state index contributed by atoms with van der Waals surface area (Å²) in [6.07, 6.45) is 0.520. The maximum Gasteiger partial charge on any atom is 0.265 e. The van der Waals surface area contributed by atoms with Crippen molar-refractivity contribution in [2.24, 2.45) is 0 Å². The molecule has 6 nitrogen and oxygen atoms in total. The van der Waals surface area contributed by atoms with Crippen molar-refractivity contribution in [1.82, 2.24) is 10.1 Å². The molecule has 0 atom stereocenters. The number of phenolic OH excluding ortho intramolecular Hbond substituents is 2. The van der Waals surface area contributed by atoms with Gasteiger partial charge in [0.25, 0.3) is 5.89 Å². The molecule has 0 aliphatic rings. The lowest BCUT2D eigenvalue weighted by atomic mass is 10.2. The first-order valence-corrected chi connectivity index (χ1v) is 5.64. The van der Waals surface area contributed by atoms with Crippen molar-refractivity contribution >= 4 is 0 Å². The second kappa shape index (κ2) is 5.50. The van der Waals surface area contributed by atoms with Crippen LogP contribution in [0.5, 0.6) is 11.5 Å². The fourth-order valence-corrected chi connectivity index (χ4v) is 1.51. The monoisotopic (exact) mass is 250 g/mol. The summed E-state index contributed by atoms with van der Waals surface area (Å²) in [6, 6.07) is 4.42. The minimum Gasteiger partial charge on any atom is -0.507 e. The van der Waals surface area contributed by atoms with Crippen LogP contribution in [0.2, 0.25) is 0 Å². The Kier molecular flexibility index (Phi) is 3.78. The molecule has 6 heteroatoms. The smallest absolute Gasteiger partial charge is 0.265 e. The molecule has 0 radical (unpaired) electrons. The normalized spacial score (nSPS) is 10.7. The fourth-order valence-electron chi connectivity index (χ4n) is 1.51. The zero-order valence-corrected chi connectivity index (χ0v) is 9.96. The number of hydrogen-bond acceptors (Lipinski definition) is 6. The van der Waals surface area contributed by atoms with Gasteiger partial charge in [-0.25, -0.2) is 0 Å². The highest BCUT2D eigenvalue weighted by Crippen LogP contribution is 2.35. The molecule has 0 spiro atoms. The number of nitrogens with zero attached hydrogens (tertiary/aromatic N) is 2. The molecule has 2 aromatic rings. The second-order valence-corrected chi connectivity index (χ2v) is 3.63. The number of aromatic hydroxyl groups is 2. The summed E-state index contributed by atoms with van der Waals surface area (Å²) in [7, 11) is 0. The van der Waals surface area contributed by atoms with E-state index in [4.69, 9.17) is 9.26 Å². The van der Waals surface area contributed by atoms with Gasteiger partial charge in [0.05, 0.1) is 6.61 Å². The summed E-state index contributed by atoms with van der Waals surface area (Å²) in [6.45, 7) is 3.04. The van der Waals surface area contributed by atoms with Crippen LogP contribution >= 0.6 is 0 Å². The number of rotatable bonds is 5. The minimum atomic E-state index is -0.102. The highest BCUT2D eigenvalue weighted by Gasteiger charge is 2.16. The summed E-state index contributed by atoms with van der Waals surface area (Å²) in [5.74, 6) is 0.364. The van der Waals surface area contributed by atoms with Crippen molar-refractivity contribution in [1.29, 1.82) is 0 Å². The van der Waals surface area contributed by atoms with Crippen molar-refractivity contribution < 1.29 is 19.5 Å². The van der Waals surface area contributed by atoms with Gasteiger partial charge in [-0.15, -0.1) is 0 Å². The van der Waals surface area contributed by atoms with E-state index in [1.807, 2.05) is 6.92 Å². The van der Waals surface area contributed by atoms with Gasteiger partial charge in [0.15, 0.2) is 5.82 Å². The molecule has 0 aliphatic heterocycles. The van der Waals surface area contributed by atoms with Crippen LogP contribution < -0.4 is 0 Å². The zero-order chi connectivity index (χ0) is 13.0. The lowest BCUT2D eigenvalue weighted by Gasteiger charge is -2.01. The number of phenols is 2. The molecule has 1 aromatic heterocycles. The van der Waals surface area contributed by atoms with Gasteiger partial charge in [-0.1, -0.05) is 11.2 Å². The number of benzene rings is 1. The number of aromatic nitrogens is 2. The molecule has 2 N–H and O–H groups in total. The van der Waals surface area contributed by atoms with Crippen molar-refractivity contribution in [3.63, 3.8) is 0 Å². The lowest BCUT2D eigenvalue weighted by molar-refractivity contribution is 0.149. The van der Waals surface area contributed by atoms with Gasteiger partial charge < -0.3 is 19.5 Å². The Hall–Kier alpha value is -2.08. The fraction of sp³-hybridized carbons (Fsp3) is 0.333. The van der Waals surface area contributed by atoms with Gasteiger partial charge in [0.1, 0.15) is 17.1 Å². The Morgan fingerprint density at radius 3 is 2.67 bits per heavy atom. The molecule has 1 heterocycles. The topological polar surface area (TPSA) is 88.6 Å². The standard InChI is InChI=1S/C12H14N2O4/c1-2-17-7-6-10-13-12(18-14-10)11-8(15)4-3-5-9(11)16/h3-5,15-16H,2,6-7H2,1H3. The summed E-state index contributed by atoms with van der Waals surface area (Å²) in [4.78, 5) is 4.10. The highest BCUT2D eigenvalue weighted by molar-refractivity contribution is 5.69. The molecule has 0 saturated carbocycles. The third-order valence-electron chi connectivity index (χ3n) is 2.38. The van der Waals surface area contributed by atoms with Crippen LogP contribution in [-0.4, -0.2) is 33.6 Å². The molecule has 0 aliphatic carbocycles. The first-order chi connectivity index (χ1) is 8.72. The summed E-state index contributed by atoms with van der Waals surface area (Å²) >= 11 is 0. The van der Waals surface area contributed by atoms with Crippen molar-refractivity contribution in [3.8, 4) is 23.0 Å². The molecule has 96 valence electrons. The molecule has 2 rings (SSSR count). The van der Waals surface area contributed by atoms with Gasteiger partial charge in [0.2, 0.25) is 0 Å². The van der Waals surface area contributed by atoms with E-state index >= 15 is 0 Å². The van der Waals surface area contributed by atoms with Crippen LogP contribution in [0.15, 0.2) is 22.7 Å². The van der Waals surface area contributed by atoms with Crippen LogP contribution in [0.1, 0.15) is 12.7 Å². The summed E-state index contributed by atoms with van der Waals surface area (Å²) in [5.41, 5.74) is 0.146. The number of hydrogen-bond donors (Lipinski definition) is 2. The first-order valence-electron chi connectivity index (χ1n) is 5.64. The van der Waals surface area contributed by atoms with E-state index in [-0.39, 0.29) is 23.0 Å². The Morgan fingerprint density at radius 1 is 1.28 bits per heavy atom. The Labute approximate surface area is 104 Å². The minimum absolute atomic E-state index is 0.0945. The Bertz CT molecular complexity index is 504. The average Bonchev–Trinajstić information content (AvgIpc) is 2.78. The lowest BCUT2D eigenvalue weighted by Crippen LogP contribution is -1.99. The maximum atomic E-state index is 9.66. The van der Waals surface area contributed by atoms with E-state index in [0.717, 1.165) is 0 Å². The predicted octanol–water partition coefficient (Wildman–Crippen LogP) is 1.73. The zero-order valence-electron chi connectivity index (χ0n) is 9.96. The first kappa shape index (κ1) is 12.4. The summed E-state index contributed by atoms with van der Waals surface area (Å²) < 4.78 is 10.2. The van der Waals surface area contributed by atoms with Crippen LogP contribution in [0.4, 0.5) is 0 Å². The van der Waals surface area contributed by atoms with E-state index < -0.39 is 0 Å². The third-order valence-corrected chi connectivity index (χ3v) is 2.38. The molecule has 18 heavy (non-hydrogen) atoms. The van der Waals surface area contributed by atoms with Crippen molar-refractivity contribution in [2.45, 2.75) is 13.3 Å².